The quantitative estimate of drug-likeness (QED) is 0.504. The van der Waals surface area contributed by atoms with Crippen molar-refractivity contribution >= 4 is 46.8 Å². The molecule has 0 fully saturated rings. The van der Waals surface area contributed by atoms with Crippen LogP contribution in [0.25, 0.3) is 0 Å². The van der Waals surface area contributed by atoms with Gasteiger partial charge in [0.25, 0.3) is 5.91 Å². The van der Waals surface area contributed by atoms with Gasteiger partial charge in [0.05, 0.1) is 16.1 Å². The summed E-state index contributed by atoms with van der Waals surface area (Å²) in [5.41, 5.74) is -0.464. The molecule has 0 aliphatic carbocycles. The minimum atomic E-state index is -4.46. The molecule has 0 saturated carbocycles. The third-order valence-corrected chi connectivity index (χ3v) is 5.62. The number of halogens is 5. The Morgan fingerprint density at radius 3 is 2.48 bits per heavy atom. The van der Waals surface area contributed by atoms with E-state index in [0.29, 0.717) is 17.2 Å². The predicted molar refractivity (Wildman–Crippen MR) is 119 cm³/mol. The number of rotatable bonds is 9. The molecule has 0 aliphatic heterocycles. The van der Waals surface area contributed by atoms with E-state index < -0.39 is 29.6 Å². The van der Waals surface area contributed by atoms with Gasteiger partial charge in [0, 0.05) is 11.6 Å². The van der Waals surface area contributed by atoms with Crippen molar-refractivity contribution in [3.05, 3.63) is 69.2 Å². The standard InChI is InChI=1S/C21H21Cl2F3N2O2S/c1-31-11-9-18(28-19(29)15-7-6-14(22)12-17(15)23)20(30)27-10-8-13-4-2-3-5-16(13)21(24,25)26/h2-7,12,18H,8-11H2,1H3,(H,27,30)(H,28,29). The molecule has 0 aliphatic rings. The van der Waals surface area contributed by atoms with Crippen molar-refractivity contribution in [1.29, 1.82) is 0 Å². The van der Waals surface area contributed by atoms with Gasteiger partial charge in [-0.05, 0) is 54.7 Å². The van der Waals surface area contributed by atoms with Gasteiger partial charge in [0.1, 0.15) is 6.04 Å². The number of alkyl halides is 3. The van der Waals surface area contributed by atoms with Crippen molar-refractivity contribution in [2.24, 2.45) is 0 Å². The van der Waals surface area contributed by atoms with Crippen LogP contribution in [0.3, 0.4) is 0 Å². The van der Waals surface area contributed by atoms with E-state index in [1.54, 1.807) is 0 Å². The fraction of sp³-hybridized carbons (Fsp3) is 0.333. The molecule has 31 heavy (non-hydrogen) atoms. The maximum atomic E-state index is 13.1. The Balaban J connectivity index is 2.02. The zero-order valence-electron chi connectivity index (χ0n) is 16.6. The van der Waals surface area contributed by atoms with Gasteiger partial charge >= 0.3 is 6.18 Å². The summed E-state index contributed by atoms with van der Waals surface area (Å²) >= 11 is 13.4. The average Bonchev–Trinajstić information content (AvgIpc) is 2.70. The number of nitrogens with one attached hydrogen (secondary N) is 2. The van der Waals surface area contributed by atoms with Crippen LogP contribution in [-0.4, -0.2) is 36.4 Å². The second kappa shape index (κ2) is 11.6. The first-order chi connectivity index (χ1) is 14.6. The highest BCUT2D eigenvalue weighted by Gasteiger charge is 2.32. The zero-order chi connectivity index (χ0) is 23.0. The molecule has 1 atom stereocenters. The highest BCUT2D eigenvalue weighted by atomic mass is 35.5. The lowest BCUT2D eigenvalue weighted by atomic mass is 10.0. The van der Waals surface area contributed by atoms with Crippen LogP contribution in [0.4, 0.5) is 13.2 Å². The molecule has 2 N–H and O–H groups in total. The van der Waals surface area contributed by atoms with Gasteiger partial charge in [-0.25, -0.2) is 0 Å². The lowest BCUT2D eigenvalue weighted by molar-refractivity contribution is -0.138. The Labute approximate surface area is 192 Å². The van der Waals surface area contributed by atoms with Gasteiger partial charge in [0.15, 0.2) is 0 Å². The third kappa shape index (κ3) is 7.63. The molecule has 0 bridgehead atoms. The number of benzene rings is 2. The molecule has 168 valence electrons. The van der Waals surface area contributed by atoms with Crippen LogP contribution in [-0.2, 0) is 17.4 Å². The number of hydrogen-bond donors (Lipinski definition) is 2. The van der Waals surface area contributed by atoms with E-state index >= 15 is 0 Å². The van der Waals surface area contributed by atoms with E-state index in [1.807, 2.05) is 6.26 Å². The molecule has 2 rings (SSSR count). The molecule has 10 heteroatoms. The number of thioether (sulfide) groups is 1. The van der Waals surface area contributed by atoms with Crippen molar-refractivity contribution in [2.75, 3.05) is 18.6 Å². The zero-order valence-corrected chi connectivity index (χ0v) is 18.9. The summed E-state index contributed by atoms with van der Waals surface area (Å²) in [6, 6.07) is 8.76. The predicted octanol–water partition coefficient (Wildman–Crippen LogP) is 5.22. The van der Waals surface area contributed by atoms with Gasteiger partial charge in [-0.15, -0.1) is 0 Å². The third-order valence-electron chi connectivity index (χ3n) is 4.42. The summed E-state index contributed by atoms with van der Waals surface area (Å²) in [6.07, 6.45) is -2.25. The van der Waals surface area contributed by atoms with E-state index in [0.717, 1.165) is 6.07 Å². The van der Waals surface area contributed by atoms with Crippen molar-refractivity contribution in [1.82, 2.24) is 10.6 Å². The second-order valence-electron chi connectivity index (χ2n) is 6.63. The number of carbonyl (C=O) groups excluding carboxylic acids is 2. The Morgan fingerprint density at radius 1 is 1.13 bits per heavy atom. The number of carbonyl (C=O) groups is 2. The van der Waals surface area contributed by atoms with E-state index in [2.05, 4.69) is 10.6 Å². The Hall–Kier alpha value is -1.90. The molecule has 0 spiro atoms. The van der Waals surface area contributed by atoms with Crippen molar-refractivity contribution in [2.45, 2.75) is 25.1 Å². The SMILES string of the molecule is CSCCC(NC(=O)c1ccc(Cl)cc1Cl)C(=O)NCCc1ccccc1C(F)(F)F. The highest BCUT2D eigenvalue weighted by Crippen LogP contribution is 2.31. The topological polar surface area (TPSA) is 58.2 Å². The van der Waals surface area contributed by atoms with E-state index in [1.165, 1.54) is 48.2 Å². The van der Waals surface area contributed by atoms with E-state index in [-0.39, 0.29) is 29.1 Å². The monoisotopic (exact) mass is 492 g/mol. The molecule has 1 unspecified atom stereocenters. The van der Waals surface area contributed by atoms with Gasteiger partial charge in [-0.2, -0.15) is 24.9 Å². The summed E-state index contributed by atoms with van der Waals surface area (Å²) < 4.78 is 39.3. The largest absolute Gasteiger partial charge is 0.416 e. The van der Waals surface area contributed by atoms with Gasteiger partial charge < -0.3 is 10.6 Å². The number of hydrogen-bond acceptors (Lipinski definition) is 3. The first kappa shape index (κ1) is 25.4. The average molecular weight is 493 g/mol. The molecule has 4 nitrogen and oxygen atoms in total. The van der Waals surface area contributed by atoms with Gasteiger partial charge in [0.2, 0.25) is 5.91 Å². The minimum Gasteiger partial charge on any atom is -0.354 e. The molecule has 0 aromatic heterocycles. The summed E-state index contributed by atoms with van der Waals surface area (Å²) in [5, 5.41) is 5.78. The van der Waals surface area contributed by atoms with Crippen LogP contribution < -0.4 is 10.6 Å². The van der Waals surface area contributed by atoms with E-state index in [9.17, 15) is 22.8 Å². The molecular weight excluding hydrogens is 472 g/mol. The van der Waals surface area contributed by atoms with Crippen LogP contribution >= 0.6 is 35.0 Å². The van der Waals surface area contributed by atoms with Crippen molar-refractivity contribution in [3.8, 4) is 0 Å². The summed E-state index contributed by atoms with van der Waals surface area (Å²) in [4.78, 5) is 25.2. The Morgan fingerprint density at radius 2 is 1.84 bits per heavy atom. The normalized spacial score (nSPS) is 12.3. The molecule has 0 heterocycles. The minimum absolute atomic E-state index is 0.000728. The first-order valence-electron chi connectivity index (χ1n) is 9.31. The van der Waals surface area contributed by atoms with Crippen LogP contribution in [0.1, 0.15) is 27.9 Å². The number of amides is 2. The maximum absolute atomic E-state index is 13.1. The lowest BCUT2D eigenvalue weighted by Gasteiger charge is -2.19. The molecule has 0 radical (unpaired) electrons. The van der Waals surface area contributed by atoms with E-state index in [4.69, 9.17) is 23.2 Å². The van der Waals surface area contributed by atoms with Gasteiger partial charge in [-0.3, -0.25) is 9.59 Å². The second-order valence-corrected chi connectivity index (χ2v) is 8.46. The summed E-state index contributed by atoms with van der Waals surface area (Å²) in [6.45, 7) is -0.000728. The molecular formula is C21H21Cl2F3N2O2S. The Kier molecular flexibility index (Phi) is 9.53. The fourth-order valence-corrected chi connectivity index (χ4v) is 3.84. The van der Waals surface area contributed by atoms with Crippen LogP contribution in [0.5, 0.6) is 0 Å². The summed E-state index contributed by atoms with van der Waals surface area (Å²) in [7, 11) is 0. The fourth-order valence-electron chi connectivity index (χ4n) is 2.87. The van der Waals surface area contributed by atoms with Gasteiger partial charge in [-0.1, -0.05) is 41.4 Å². The molecule has 0 saturated heterocycles. The van der Waals surface area contributed by atoms with Crippen molar-refractivity contribution in [3.63, 3.8) is 0 Å². The van der Waals surface area contributed by atoms with Crippen LogP contribution in [0.15, 0.2) is 42.5 Å². The lowest BCUT2D eigenvalue weighted by Crippen LogP contribution is -2.47. The smallest absolute Gasteiger partial charge is 0.354 e. The first-order valence-corrected chi connectivity index (χ1v) is 11.5. The summed E-state index contributed by atoms with van der Waals surface area (Å²) in [5.74, 6) is -0.411. The molecule has 2 aromatic rings. The van der Waals surface area contributed by atoms with Crippen LogP contribution in [0, 0.1) is 0 Å². The molecule has 2 amide bonds. The highest BCUT2D eigenvalue weighted by molar-refractivity contribution is 7.98. The van der Waals surface area contributed by atoms with Crippen molar-refractivity contribution < 1.29 is 22.8 Å². The molecule has 2 aromatic carbocycles. The van der Waals surface area contributed by atoms with Crippen LogP contribution in [0.2, 0.25) is 10.0 Å². The Bertz CT molecular complexity index is 926. The maximum Gasteiger partial charge on any atom is 0.416 e.